The summed E-state index contributed by atoms with van der Waals surface area (Å²) in [4.78, 5) is 4.44. The largest absolute Gasteiger partial charge is 0.436 e. The third kappa shape index (κ3) is 2.20. The first-order valence-corrected chi connectivity index (χ1v) is 7.11. The molecule has 0 saturated carbocycles. The van der Waals surface area contributed by atoms with Crippen LogP contribution in [0.4, 0.5) is 0 Å². The Bertz CT molecular complexity index is 739. The van der Waals surface area contributed by atoms with Crippen LogP contribution in [0.3, 0.4) is 0 Å². The van der Waals surface area contributed by atoms with Crippen molar-refractivity contribution in [1.29, 1.82) is 0 Å². The van der Waals surface area contributed by atoms with Crippen LogP contribution >= 0.6 is 43.5 Å². The van der Waals surface area contributed by atoms with Gasteiger partial charge in [-0.1, -0.05) is 43.5 Å². The molecule has 0 aliphatic carbocycles. The molecule has 0 atom stereocenters. The van der Waals surface area contributed by atoms with Crippen LogP contribution in [0.1, 0.15) is 0 Å². The van der Waals surface area contributed by atoms with E-state index in [9.17, 15) is 0 Å². The van der Waals surface area contributed by atoms with Gasteiger partial charge in [-0.15, -0.1) is 0 Å². The summed E-state index contributed by atoms with van der Waals surface area (Å²) in [5, 5.41) is 0.615. The van der Waals surface area contributed by atoms with E-state index in [4.69, 9.17) is 16.0 Å². The number of hydrogen-bond donors (Lipinski definition) is 0. The Morgan fingerprint density at radius 1 is 1.00 bits per heavy atom. The fraction of sp³-hybridized carbons (Fsp3) is 0. The number of fused-ring (bicyclic) bond motifs is 1. The van der Waals surface area contributed by atoms with Crippen molar-refractivity contribution in [3.05, 3.63) is 50.4 Å². The summed E-state index contributed by atoms with van der Waals surface area (Å²) in [6, 6.07) is 11.3. The molecule has 18 heavy (non-hydrogen) atoms. The number of oxazole rings is 1. The average Bonchev–Trinajstić information content (AvgIpc) is 2.74. The Balaban J connectivity index is 2.22. The van der Waals surface area contributed by atoms with E-state index < -0.39 is 0 Å². The van der Waals surface area contributed by atoms with E-state index in [0.717, 1.165) is 25.6 Å². The number of hydrogen-bond acceptors (Lipinski definition) is 2. The van der Waals surface area contributed by atoms with Gasteiger partial charge < -0.3 is 4.42 Å². The molecule has 2 nitrogen and oxygen atoms in total. The van der Waals surface area contributed by atoms with Gasteiger partial charge in [0.15, 0.2) is 5.58 Å². The Labute approximate surface area is 125 Å². The predicted molar refractivity (Wildman–Crippen MR) is 79.9 cm³/mol. The minimum Gasteiger partial charge on any atom is -0.436 e. The first-order chi connectivity index (χ1) is 8.63. The maximum Gasteiger partial charge on any atom is 0.228 e. The molecule has 2 aromatic carbocycles. The molecule has 3 rings (SSSR count). The molecule has 1 aromatic heterocycles. The Kier molecular flexibility index (Phi) is 3.18. The number of benzene rings is 2. The topological polar surface area (TPSA) is 26.0 Å². The molecule has 0 amide bonds. The van der Waals surface area contributed by atoms with E-state index in [0.29, 0.717) is 10.9 Å². The number of nitrogens with zero attached hydrogens (tertiary/aromatic N) is 1. The molecule has 90 valence electrons. The van der Waals surface area contributed by atoms with Gasteiger partial charge in [0.1, 0.15) is 5.52 Å². The van der Waals surface area contributed by atoms with Crippen molar-refractivity contribution in [2.24, 2.45) is 0 Å². The van der Waals surface area contributed by atoms with Crippen molar-refractivity contribution in [2.75, 3.05) is 0 Å². The molecule has 0 spiro atoms. The molecule has 5 heteroatoms. The molecule has 0 fully saturated rings. The van der Waals surface area contributed by atoms with Gasteiger partial charge in [0.05, 0.1) is 10.6 Å². The van der Waals surface area contributed by atoms with E-state index in [-0.39, 0.29) is 0 Å². The van der Waals surface area contributed by atoms with E-state index in [2.05, 4.69) is 36.8 Å². The van der Waals surface area contributed by atoms with Gasteiger partial charge in [-0.25, -0.2) is 4.98 Å². The van der Waals surface area contributed by atoms with Crippen molar-refractivity contribution < 1.29 is 4.42 Å². The van der Waals surface area contributed by atoms with Crippen LogP contribution in [0.25, 0.3) is 22.6 Å². The molecule has 0 aliphatic rings. The maximum atomic E-state index is 6.16. The first-order valence-electron chi connectivity index (χ1n) is 5.15. The molecule has 0 radical (unpaired) electrons. The number of rotatable bonds is 1. The summed E-state index contributed by atoms with van der Waals surface area (Å²) in [5.74, 6) is 0.523. The minimum absolute atomic E-state index is 0.523. The Morgan fingerprint density at radius 2 is 1.72 bits per heavy atom. The average molecular weight is 387 g/mol. The van der Waals surface area contributed by atoms with E-state index in [1.54, 1.807) is 0 Å². The van der Waals surface area contributed by atoms with Crippen molar-refractivity contribution >= 4 is 54.6 Å². The van der Waals surface area contributed by atoms with E-state index in [1.165, 1.54) is 0 Å². The third-order valence-corrected chi connectivity index (χ3v) is 3.82. The molecule has 0 unspecified atom stereocenters. The quantitative estimate of drug-likeness (QED) is 0.537. The molecular formula is C13H6Br2ClNO. The van der Waals surface area contributed by atoms with Gasteiger partial charge in [0.25, 0.3) is 0 Å². The van der Waals surface area contributed by atoms with Crippen LogP contribution in [0.5, 0.6) is 0 Å². The van der Waals surface area contributed by atoms with Gasteiger partial charge in [-0.3, -0.25) is 0 Å². The second-order valence-corrected chi connectivity index (χ2v) is 5.99. The summed E-state index contributed by atoms with van der Waals surface area (Å²) in [6.45, 7) is 0. The van der Waals surface area contributed by atoms with Crippen molar-refractivity contribution in [3.8, 4) is 11.5 Å². The number of halogens is 3. The molecule has 0 saturated heterocycles. The monoisotopic (exact) mass is 385 g/mol. The zero-order chi connectivity index (χ0) is 12.7. The summed E-state index contributed by atoms with van der Waals surface area (Å²) in [6.07, 6.45) is 0. The molecule has 0 N–H and O–H groups in total. The van der Waals surface area contributed by atoms with Gasteiger partial charge in [-0.2, -0.15) is 0 Å². The van der Waals surface area contributed by atoms with Crippen molar-refractivity contribution in [3.63, 3.8) is 0 Å². The molecule has 0 aliphatic heterocycles. The van der Waals surface area contributed by atoms with Crippen LogP contribution in [0.2, 0.25) is 5.02 Å². The smallest absolute Gasteiger partial charge is 0.228 e. The summed E-state index contributed by atoms with van der Waals surface area (Å²) >= 11 is 13.0. The lowest BCUT2D eigenvalue weighted by atomic mass is 10.2. The second kappa shape index (κ2) is 4.68. The van der Waals surface area contributed by atoms with Crippen LogP contribution in [0, 0.1) is 0 Å². The minimum atomic E-state index is 0.523. The zero-order valence-electron chi connectivity index (χ0n) is 8.95. The number of aromatic nitrogens is 1. The Morgan fingerprint density at radius 3 is 2.56 bits per heavy atom. The maximum absolute atomic E-state index is 6.16. The van der Waals surface area contributed by atoms with Gasteiger partial charge in [0, 0.05) is 8.95 Å². The van der Waals surface area contributed by atoms with Gasteiger partial charge in [0.2, 0.25) is 5.89 Å². The normalized spacial score (nSPS) is 11.1. The van der Waals surface area contributed by atoms with Crippen LogP contribution in [-0.4, -0.2) is 4.98 Å². The highest BCUT2D eigenvalue weighted by Gasteiger charge is 2.12. The fourth-order valence-electron chi connectivity index (χ4n) is 1.68. The molecule has 0 bridgehead atoms. The Hall–Kier alpha value is -0.840. The van der Waals surface area contributed by atoms with Crippen LogP contribution in [0.15, 0.2) is 49.8 Å². The standard InChI is InChI=1S/C13H6Br2ClNO/c14-7-1-3-10(16)9(5-7)13-17-11-6-8(15)2-4-12(11)18-13/h1-6H. The van der Waals surface area contributed by atoms with Crippen LogP contribution < -0.4 is 0 Å². The lowest BCUT2D eigenvalue weighted by molar-refractivity contribution is 0.620. The lowest BCUT2D eigenvalue weighted by Gasteiger charge is -1.99. The fourth-order valence-corrected chi connectivity index (χ4v) is 2.59. The third-order valence-electron chi connectivity index (χ3n) is 2.51. The predicted octanol–water partition coefficient (Wildman–Crippen LogP) is 5.67. The highest BCUT2D eigenvalue weighted by molar-refractivity contribution is 9.10. The summed E-state index contributed by atoms with van der Waals surface area (Å²) in [7, 11) is 0. The van der Waals surface area contributed by atoms with Crippen molar-refractivity contribution in [2.45, 2.75) is 0 Å². The molecule has 1 heterocycles. The first kappa shape index (κ1) is 12.2. The molecular weight excluding hydrogens is 381 g/mol. The highest BCUT2D eigenvalue weighted by atomic mass is 79.9. The van der Waals surface area contributed by atoms with Gasteiger partial charge in [-0.05, 0) is 36.4 Å². The SMILES string of the molecule is Clc1ccc(Br)cc1-c1nc2cc(Br)ccc2o1. The van der Waals surface area contributed by atoms with Crippen molar-refractivity contribution in [1.82, 2.24) is 4.98 Å². The summed E-state index contributed by atoms with van der Waals surface area (Å²) in [5.41, 5.74) is 2.32. The summed E-state index contributed by atoms with van der Waals surface area (Å²) < 4.78 is 7.61. The second-order valence-electron chi connectivity index (χ2n) is 3.76. The highest BCUT2D eigenvalue weighted by Crippen LogP contribution is 2.32. The van der Waals surface area contributed by atoms with Crippen LogP contribution in [-0.2, 0) is 0 Å². The van der Waals surface area contributed by atoms with Gasteiger partial charge >= 0.3 is 0 Å². The van der Waals surface area contributed by atoms with E-state index in [1.807, 2.05) is 36.4 Å². The lowest BCUT2D eigenvalue weighted by Crippen LogP contribution is -1.79. The zero-order valence-corrected chi connectivity index (χ0v) is 12.9. The van der Waals surface area contributed by atoms with E-state index >= 15 is 0 Å². The molecule has 3 aromatic rings.